The minimum absolute atomic E-state index is 0.235. The summed E-state index contributed by atoms with van der Waals surface area (Å²) in [5, 5.41) is 0. The number of hydrogen-bond acceptors (Lipinski definition) is 4. The van der Waals surface area contributed by atoms with Crippen molar-refractivity contribution in [3.05, 3.63) is 103 Å². The molecule has 0 unspecified atom stereocenters. The van der Waals surface area contributed by atoms with E-state index in [2.05, 4.69) is 13.8 Å². The van der Waals surface area contributed by atoms with Crippen LogP contribution >= 0.6 is 0 Å². The van der Waals surface area contributed by atoms with E-state index in [1.165, 1.54) is 6.42 Å². The van der Waals surface area contributed by atoms with E-state index in [0.29, 0.717) is 11.5 Å². The van der Waals surface area contributed by atoms with Gasteiger partial charge in [0, 0.05) is 0 Å². The molecular formula is C31H36O4S. The summed E-state index contributed by atoms with van der Waals surface area (Å²) in [7, 11) is -1.91. The lowest BCUT2D eigenvalue weighted by atomic mass is 10.1. The third-order valence-electron chi connectivity index (χ3n) is 4.98. The predicted molar refractivity (Wildman–Crippen MR) is 149 cm³/mol. The third-order valence-corrected chi connectivity index (χ3v) is 6.76. The molecule has 4 rings (SSSR count). The van der Waals surface area contributed by atoms with Gasteiger partial charge >= 0.3 is 0 Å². The summed E-state index contributed by atoms with van der Waals surface area (Å²) >= 11 is 0. The molecule has 0 saturated carbocycles. The molecule has 0 aliphatic heterocycles. The fraction of sp³-hybridized carbons (Fsp3) is 0.226. The maximum Gasteiger partial charge on any atom is 0.206 e. The highest BCUT2D eigenvalue weighted by atomic mass is 32.2. The first-order valence-corrected chi connectivity index (χ1v) is 13.7. The number of sulfone groups is 1. The van der Waals surface area contributed by atoms with Gasteiger partial charge in [0.05, 0.1) is 16.9 Å². The Morgan fingerprint density at radius 2 is 0.917 bits per heavy atom. The van der Waals surface area contributed by atoms with Gasteiger partial charge < -0.3 is 9.47 Å². The number of benzene rings is 4. The first-order chi connectivity index (χ1) is 17.4. The smallest absolute Gasteiger partial charge is 0.206 e. The Morgan fingerprint density at radius 1 is 0.583 bits per heavy atom. The zero-order valence-corrected chi connectivity index (χ0v) is 22.8. The van der Waals surface area contributed by atoms with Gasteiger partial charge in [-0.25, -0.2) is 8.42 Å². The molecular weight excluding hydrogens is 468 g/mol. The van der Waals surface area contributed by atoms with Gasteiger partial charge in [-0.3, -0.25) is 0 Å². The molecule has 0 saturated heterocycles. The fourth-order valence-corrected chi connectivity index (χ4v) is 4.44. The second-order valence-corrected chi connectivity index (χ2v) is 9.80. The zero-order valence-electron chi connectivity index (χ0n) is 22.0. The van der Waals surface area contributed by atoms with Crippen LogP contribution in [0.4, 0.5) is 0 Å². The molecule has 4 aromatic rings. The number of aryl methyl sites for hydroxylation is 1. The number of methoxy groups -OCH3 is 1. The highest BCUT2D eigenvalue weighted by Gasteiger charge is 2.17. The zero-order chi connectivity index (χ0) is 26.6. The lowest BCUT2D eigenvalue weighted by Crippen LogP contribution is -2.01. The SMILES string of the molecule is CC.CCC.COc1ccc(-c2ccc(Oc3ccc(S(=O)(=O)c4ccc(C)cc4)cc3)cc2)cc1. The van der Waals surface area contributed by atoms with E-state index in [4.69, 9.17) is 9.47 Å². The molecule has 4 aromatic carbocycles. The molecule has 0 bridgehead atoms. The molecule has 0 fully saturated rings. The Labute approximate surface area is 216 Å². The Hall–Kier alpha value is -3.57. The van der Waals surface area contributed by atoms with Crippen molar-refractivity contribution in [1.82, 2.24) is 0 Å². The molecule has 0 atom stereocenters. The molecule has 4 nitrogen and oxygen atoms in total. The topological polar surface area (TPSA) is 52.6 Å². The molecule has 0 radical (unpaired) electrons. The van der Waals surface area contributed by atoms with Crippen LogP contribution in [0.3, 0.4) is 0 Å². The maximum absolute atomic E-state index is 12.8. The van der Waals surface area contributed by atoms with Gasteiger partial charge in [0.25, 0.3) is 0 Å². The minimum atomic E-state index is -3.55. The van der Waals surface area contributed by atoms with E-state index >= 15 is 0 Å². The van der Waals surface area contributed by atoms with Crippen LogP contribution in [0.1, 0.15) is 39.7 Å². The van der Waals surface area contributed by atoms with E-state index in [0.717, 1.165) is 22.4 Å². The standard InChI is InChI=1S/C26H22O4S.C3H8.C2H6/c1-19-3-15-25(16-4-19)31(27,28)26-17-13-24(14-18-26)30-23-11-7-21(8-12-23)20-5-9-22(29-2)10-6-20;1-3-2;1-2/h3-18H,1-2H3;3H2,1-2H3;1-2H3. The van der Waals surface area contributed by atoms with Crippen molar-refractivity contribution < 1.29 is 17.9 Å². The van der Waals surface area contributed by atoms with Crippen LogP contribution in [-0.4, -0.2) is 15.5 Å². The lowest BCUT2D eigenvalue weighted by molar-refractivity contribution is 0.415. The van der Waals surface area contributed by atoms with Crippen molar-refractivity contribution >= 4 is 9.84 Å². The number of rotatable bonds is 6. The van der Waals surface area contributed by atoms with Crippen LogP contribution in [0.15, 0.2) is 107 Å². The minimum Gasteiger partial charge on any atom is -0.497 e. The summed E-state index contributed by atoms with van der Waals surface area (Å²) in [5.74, 6) is 2.06. The summed E-state index contributed by atoms with van der Waals surface area (Å²) in [6, 6.07) is 28.9. The molecule has 0 aromatic heterocycles. The first kappa shape index (κ1) is 28.7. The molecule has 0 heterocycles. The third kappa shape index (κ3) is 7.72. The Balaban J connectivity index is 0.000000850. The van der Waals surface area contributed by atoms with Crippen LogP contribution in [0, 0.1) is 6.92 Å². The van der Waals surface area contributed by atoms with Crippen LogP contribution in [0.2, 0.25) is 0 Å². The Morgan fingerprint density at radius 3 is 1.31 bits per heavy atom. The van der Waals surface area contributed by atoms with Gasteiger partial charge in [-0.15, -0.1) is 0 Å². The van der Waals surface area contributed by atoms with Gasteiger partial charge in [-0.1, -0.05) is 76.1 Å². The second-order valence-electron chi connectivity index (χ2n) is 7.85. The summed E-state index contributed by atoms with van der Waals surface area (Å²) in [6.45, 7) is 10.2. The molecule has 0 amide bonds. The average Bonchev–Trinajstić information content (AvgIpc) is 2.91. The average molecular weight is 505 g/mol. The van der Waals surface area contributed by atoms with E-state index < -0.39 is 9.84 Å². The normalized spacial score (nSPS) is 10.3. The summed E-state index contributed by atoms with van der Waals surface area (Å²) < 4.78 is 36.6. The van der Waals surface area contributed by atoms with Crippen LogP contribution < -0.4 is 9.47 Å². The summed E-state index contributed by atoms with van der Waals surface area (Å²) in [6.07, 6.45) is 1.25. The second kappa shape index (κ2) is 14.1. The van der Waals surface area contributed by atoms with E-state index in [1.54, 1.807) is 55.6 Å². The van der Waals surface area contributed by atoms with Crippen LogP contribution in [0.5, 0.6) is 17.2 Å². The van der Waals surface area contributed by atoms with E-state index in [1.807, 2.05) is 69.3 Å². The van der Waals surface area contributed by atoms with Gasteiger partial charge in [0.2, 0.25) is 9.84 Å². The van der Waals surface area contributed by atoms with E-state index in [-0.39, 0.29) is 9.79 Å². The monoisotopic (exact) mass is 504 g/mol. The van der Waals surface area contributed by atoms with Crippen LogP contribution in [0.25, 0.3) is 11.1 Å². The van der Waals surface area contributed by atoms with Crippen molar-refractivity contribution in [2.24, 2.45) is 0 Å². The summed E-state index contributed by atoms with van der Waals surface area (Å²) in [4.78, 5) is 0.513. The Kier molecular flexibility index (Phi) is 11.2. The van der Waals surface area contributed by atoms with Crippen molar-refractivity contribution in [3.63, 3.8) is 0 Å². The number of hydrogen-bond donors (Lipinski definition) is 0. The van der Waals surface area contributed by atoms with Crippen LogP contribution in [-0.2, 0) is 9.84 Å². The van der Waals surface area contributed by atoms with Gasteiger partial charge in [-0.2, -0.15) is 0 Å². The van der Waals surface area contributed by atoms with Crippen molar-refractivity contribution in [3.8, 4) is 28.4 Å². The quantitative estimate of drug-likeness (QED) is 0.263. The van der Waals surface area contributed by atoms with Crippen molar-refractivity contribution in [2.75, 3.05) is 7.11 Å². The molecule has 36 heavy (non-hydrogen) atoms. The number of ether oxygens (including phenoxy) is 2. The molecule has 190 valence electrons. The largest absolute Gasteiger partial charge is 0.497 e. The molecule has 0 spiro atoms. The van der Waals surface area contributed by atoms with Gasteiger partial charge in [0.15, 0.2) is 0 Å². The van der Waals surface area contributed by atoms with Crippen molar-refractivity contribution in [1.29, 1.82) is 0 Å². The lowest BCUT2D eigenvalue weighted by Gasteiger charge is -2.09. The molecule has 5 heteroatoms. The first-order valence-electron chi connectivity index (χ1n) is 12.2. The van der Waals surface area contributed by atoms with Gasteiger partial charge in [0.1, 0.15) is 17.2 Å². The molecule has 0 aliphatic carbocycles. The fourth-order valence-electron chi connectivity index (χ4n) is 3.18. The highest BCUT2D eigenvalue weighted by Crippen LogP contribution is 2.29. The molecule has 0 N–H and O–H groups in total. The highest BCUT2D eigenvalue weighted by molar-refractivity contribution is 7.91. The maximum atomic E-state index is 12.8. The Bertz CT molecular complexity index is 1280. The predicted octanol–water partition coefficient (Wildman–Crippen LogP) is 8.74. The van der Waals surface area contributed by atoms with E-state index in [9.17, 15) is 8.42 Å². The molecule has 0 aliphatic rings. The summed E-state index contributed by atoms with van der Waals surface area (Å²) in [5.41, 5.74) is 3.16. The van der Waals surface area contributed by atoms with Crippen molar-refractivity contribution in [2.45, 2.75) is 50.8 Å². The van der Waals surface area contributed by atoms with Gasteiger partial charge in [-0.05, 0) is 78.7 Å².